The molecule has 0 aromatic heterocycles. The van der Waals surface area contributed by atoms with Gasteiger partial charge in [-0.1, -0.05) is 12.1 Å². The van der Waals surface area contributed by atoms with E-state index < -0.39 is 6.10 Å². The van der Waals surface area contributed by atoms with Crippen LogP contribution in [0.4, 0.5) is 10.1 Å². The minimum atomic E-state index is -0.805. The molecule has 0 saturated carbocycles. The predicted octanol–water partition coefficient (Wildman–Crippen LogP) is 2.66. The van der Waals surface area contributed by atoms with Crippen molar-refractivity contribution in [2.24, 2.45) is 0 Å². The fourth-order valence-corrected chi connectivity index (χ4v) is 2.46. The first-order valence-corrected chi connectivity index (χ1v) is 6.51. The smallest absolute Gasteiger partial charge is 0.131 e. The van der Waals surface area contributed by atoms with Crippen molar-refractivity contribution in [2.75, 3.05) is 31.7 Å². The summed E-state index contributed by atoms with van der Waals surface area (Å²) >= 11 is 0. The van der Waals surface area contributed by atoms with E-state index in [1.165, 1.54) is 11.6 Å². The molecule has 0 fully saturated rings. The van der Waals surface area contributed by atoms with E-state index in [9.17, 15) is 9.50 Å². The number of ether oxygens (including phenoxy) is 1. The van der Waals surface area contributed by atoms with Gasteiger partial charge in [-0.2, -0.15) is 0 Å². The molecule has 104 valence electrons. The molecule has 1 aromatic carbocycles. The van der Waals surface area contributed by atoms with Crippen LogP contribution in [0.25, 0.3) is 0 Å². The third-order valence-electron chi connectivity index (χ3n) is 3.42. The van der Waals surface area contributed by atoms with Crippen molar-refractivity contribution in [1.29, 1.82) is 0 Å². The zero-order valence-corrected chi connectivity index (χ0v) is 11.4. The molecule has 0 radical (unpaired) electrons. The van der Waals surface area contributed by atoms with Gasteiger partial charge < -0.3 is 14.7 Å². The van der Waals surface area contributed by atoms with Gasteiger partial charge in [0.2, 0.25) is 0 Å². The van der Waals surface area contributed by atoms with Crippen LogP contribution in [0.3, 0.4) is 0 Å². The van der Waals surface area contributed by atoms with Crippen LogP contribution in [-0.4, -0.2) is 31.9 Å². The van der Waals surface area contributed by atoms with Gasteiger partial charge in [0.25, 0.3) is 0 Å². The van der Waals surface area contributed by atoms with E-state index in [-0.39, 0.29) is 5.82 Å². The Labute approximate surface area is 113 Å². The number of methoxy groups -OCH3 is 1. The highest BCUT2D eigenvalue weighted by Crippen LogP contribution is 2.30. The Hall–Kier alpha value is -1.39. The maximum Gasteiger partial charge on any atom is 0.131 e. The van der Waals surface area contributed by atoms with Gasteiger partial charge in [-0.05, 0) is 31.1 Å². The van der Waals surface area contributed by atoms with Gasteiger partial charge in [-0.15, -0.1) is 0 Å². The van der Waals surface area contributed by atoms with Crippen LogP contribution in [0.1, 0.15) is 25.0 Å². The van der Waals surface area contributed by atoms with Crippen LogP contribution in [0.15, 0.2) is 29.8 Å². The molecule has 1 atom stereocenters. The molecule has 19 heavy (non-hydrogen) atoms. The number of hydrogen-bond acceptors (Lipinski definition) is 3. The predicted molar refractivity (Wildman–Crippen MR) is 73.8 cm³/mol. The lowest BCUT2D eigenvalue weighted by Crippen LogP contribution is -2.30. The van der Waals surface area contributed by atoms with E-state index in [1.807, 2.05) is 6.07 Å². The fourth-order valence-electron chi connectivity index (χ4n) is 2.46. The molecular formula is C15H20FNO2. The number of rotatable bonds is 4. The number of hydrogen-bond donors (Lipinski definition) is 1. The van der Waals surface area contributed by atoms with Crippen LogP contribution in [0, 0.1) is 5.82 Å². The minimum Gasteiger partial charge on any atom is -0.389 e. The van der Waals surface area contributed by atoms with Crippen molar-refractivity contribution in [3.63, 3.8) is 0 Å². The van der Waals surface area contributed by atoms with Crippen molar-refractivity contribution in [2.45, 2.75) is 19.4 Å². The molecule has 2 rings (SSSR count). The van der Waals surface area contributed by atoms with Crippen LogP contribution in [0.5, 0.6) is 0 Å². The number of aliphatic hydroxyl groups is 1. The lowest BCUT2D eigenvalue weighted by molar-refractivity contribution is 0.194. The summed E-state index contributed by atoms with van der Waals surface area (Å²) < 4.78 is 18.9. The second-order valence-corrected chi connectivity index (χ2v) is 4.84. The van der Waals surface area contributed by atoms with Gasteiger partial charge in [0.05, 0.1) is 12.7 Å². The molecule has 1 aliphatic rings. The van der Waals surface area contributed by atoms with Gasteiger partial charge in [0.15, 0.2) is 0 Å². The van der Waals surface area contributed by atoms with E-state index in [4.69, 9.17) is 4.74 Å². The lowest BCUT2D eigenvalue weighted by Gasteiger charge is -2.30. The summed E-state index contributed by atoms with van der Waals surface area (Å²) in [5, 5.41) is 9.75. The standard InChI is InChI=1S/C15H20FNO2/c1-11(18)15-13(16)4-3-5-14(15)17-8-6-12(7-9-17)10-19-2/h3-6,11,18H,7-10H2,1-2H3/t11-/m0/s1. The molecule has 0 aliphatic carbocycles. The molecule has 3 nitrogen and oxygen atoms in total. The highest BCUT2D eigenvalue weighted by Gasteiger charge is 2.19. The summed E-state index contributed by atoms with van der Waals surface area (Å²) in [6, 6.07) is 4.94. The van der Waals surface area contributed by atoms with Crippen molar-refractivity contribution < 1.29 is 14.2 Å². The van der Waals surface area contributed by atoms with E-state index in [2.05, 4.69) is 11.0 Å². The van der Waals surface area contributed by atoms with Crippen molar-refractivity contribution in [3.05, 3.63) is 41.2 Å². The van der Waals surface area contributed by atoms with E-state index in [1.54, 1.807) is 20.1 Å². The fraction of sp³-hybridized carbons (Fsp3) is 0.467. The zero-order valence-electron chi connectivity index (χ0n) is 11.4. The number of aliphatic hydroxyl groups excluding tert-OH is 1. The van der Waals surface area contributed by atoms with E-state index in [0.29, 0.717) is 12.2 Å². The molecule has 0 spiro atoms. The Balaban J connectivity index is 2.22. The molecule has 1 heterocycles. The Bertz CT molecular complexity index is 471. The summed E-state index contributed by atoms with van der Waals surface area (Å²) in [7, 11) is 1.69. The van der Waals surface area contributed by atoms with Crippen LogP contribution in [0.2, 0.25) is 0 Å². The summed E-state index contributed by atoms with van der Waals surface area (Å²) in [6.45, 7) is 3.79. The van der Waals surface area contributed by atoms with E-state index in [0.717, 1.165) is 25.2 Å². The molecular weight excluding hydrogens is 245 g/mol. The van der Waals surface area contributed by atoms with Crippen molar-refractivity contribution in [1.82, 2.24) is 0 Å². The average Bonchev–Trinajstić information content (AvgIpc) is 2.39. The topological polar surface area (TPSA) is 32.7 Å². The summed E-state index contributed by atoms with van der Waals surface area (Å²) in [5.41, 5.74) is 2.43. The van der Waals surface area contributed by atoms with Crippen molar-refractivity contribution >= 4 is 5.69 Å². The quantitative estimate of drug-likeness (QED) is 0.850. The lowest BCUT2D eigenvalue weighted by atomic mass is 10.0. The molecule has 0 unspecified atom stereocenters. The highest BCUT2D eigenvalue weighted by molar-refractivity contribution is 5.56. The molecule has 1 aromatic rings. The number of nitrogens with zero attached hydrogens (tertiary/aromatic N) is 1. The summed E-state index contributed by atoms with van der Waals surface area (Å²) in [4.78, 5) is 2.09. The van der Waals surface area contributed by atoms with Crippen LogP contribution in [-0.2, 0) is 4.74 Å². The normalized spacial score (nSPS) is 17.3. The third kappa shape index (κ3) is 3.14. The average molecular weight is 265 g/mol. The molecule has 1 N–H and O–H groups in total. The minimum absolute atomic E-state index is 0.348. The number of benzene rings is 1. The van der Waals surface area contributed by atoms with Gasteiger partial charge >= 0.3 is 0 Å². The SMILES string of the molecule is COCC1=CCN(c2cccc(F)c2[C@H](C)O)CC1. The zero-order chi connectivity index (χ0) is 13.8. The maximum atomic E-state index is 13.8. The molecule has 1 aliphatic heterocycles. The van der Waals surface area contributed by atoms with Crippen LogP contribution >= 0.6 is 0 Å². The van der Waals surface area contributed by atoms with Crippen molar-refractivity contribution in [3.8, 4) is 0 Å². The second kappa shape index (κ2) is 6.17. The number of halogens is 1. The van der Waals surface area contributed by atoms with Gasteiger partial charge in [-0.25, -0.2) is 4.39 Å². The molecule has 0 bridgehead atoms. The van der Waals surface area contributed by atoms with Gasteiger partial charge in [-0.3, -0.25) is 0 Å². The Morgan fingerprint density at radius 1 is 1.47 bits per heavy atom. The van der Waals surface area contributed by atoms with Gasteiger partial charge in [0.1, 0.15) is 5.82 Å². The summed E-state index contributed by atoms with van der Waals surface area (Å²) in [6.07, 6.45) is 2.22. The van der Waals surface area contributed by atoms with Crippen LogP contribution < -0.4 is 4.90 Å². The maximum absolute atomic E-state index is 13.8. The van der Waals surface area contributed by atoms with Gasteiger partial charge in [0, 0.05) is 31.5 Å². The highest BCUT2D eigenvalue weighted by atomic mass is 19.1. The Kier molecular flexibility index (Phi) is 4.56. The monoisotopic (exact) mass is 265 g/mol. The Morgan fingerprint density at radius 3 is 2.84 bits per heavy atom. The first-order valence-electron chi connectivity index (χ1n) is 6.51. The molecule has 0 saturated heterocycles. The van der Waals surface area contributed by atoms with E-state index >= 15 is 0 Å². The largest absolute Gasteiger partial charge is 0.389 e. The second-order valence-electron chi connectivity index (χ2n) is 4.84. The third-order valence-corrected chi connectivity index (χ3v) is 3.42. The molecule has 0 amide bonds. The molecule has 4 heteroatoms. The first-order chi connectivity index (χ1) is 9.13. The number of anilines is 1. The Morgan fingerprint density at radius 2 is 2.26 bits per heavy atom. The summed E-state index contributed by atoms with van der Waals surface area (Å²) in [5.74, 6) is -0.348. The first kappa shape index (κ1) is 14.0.